The fraction of sp³-hybridized carbons (Fsp3) is 0.280. The number of hydrogen-bond donors (Lipinski definition) is 1. The van der Waals surface area contributed by atoms with E-state index in [0.29, 0.717) is 31.2 Å². The second-order valence-electron chi connectivity index (χ2n) is 8.61. The van der Waals surface area contributed by atoms with Crippen molar-refractivity contribution in [3.05, 3.63) is 71.6 Å². The number of anilines is 1. The van der Waals surface area contributed by atoms with Gasteiger partial charge in [0.1, 0.15) is 5.65 Å². The maximum absolute atomic E-state index is 12.9. The van der Waals surface area contributed by atoms with Crippen LogP contribution in [0.1, 0.15) is 12.1 Å². The Labute approximate surface area is 208 Å². The summed E-state index contributed by atoms with van der Waals surface area (Å²) in [5.74, 6) is -0.383. The largest absolute Gasteiger partial charge is 0.390 e. The Kier molecular flexibility index (Phi) is 6.39. The molecule has 1 saturated heterocycles. The molecule has 10 heteroatoms. The zero-order valence-corrected chi connectivity index (χ0v) is 20.5. The predicted octanol–water partition coefficient (Wildman–Crippen LogP) is 3.15. The first-order valence-corrected chi connectivity index (χ1v) is 13.4. The molecule has 1 aliphatic heterocycles. The highest BCUT2D eigenvalue weighted by Gasteiger charge is 2.24. The van der Waals surface area contributed by atoms with Crippen LogP contribution in [0.5, 0.6) is 0 Å². The molecule has 0 bridgehead atoms. The van der Waals surface area contributed by atoms with Crippen molar-refractivity contribution >= 4 is 49.5 Å². The lowest BCUT2D eigenvalue weighted by molar-refractivity contribution is -0.131. The van der Waals surface area contributed by atoms with Crippen molar-refractivity contribution in [2.24, 2.45) is 0 Å². The summed E-state index contributed by atoms with van der Waals surface area (Å²) in [5.41, 5.74) is 2.48. The molecule has 8 nitrogen and oxygen atoms in total. The van der Waals surface area contributed by atoms with Crippen molar-refractivity contribution in [2.45, 2.75) is 17.9 Å². The number of carbonyl (C=O) groups excluding carboxylic acids is 1. The number of aliphatic hydroxyl groups excluding tert-OH is 1. The van der Waals surface area contributed by atoms with Gasteiger partial charge in [-0.05, 0) is 41.1 Å². The number of aliphatic hydroxyl groups is 1. The number of sulfone groups is 1. The minimum atomic E-state index is -3.59. The van der Waals surface area contributed by atoms with E-state index in [4.69, 9.17) is 11.6 Å². The van der Waals surface area contributed by atoms with E-state index in [2.05, 4.69) is 9.88 Å². The topological polar surface area (TPSA) is 95.2 Å². The Morgan fingerprint density at radius 1 is 1.00 bits per heavy atom. The number of hydrogen-bond acceptors (Lipinski definition) is 6. The molecule has 0 saturated carbocycles. The van der Waals surface area contributed by atoms with Crippen molar-refractivity contribution in [2.75, 3.05) is 36.8 Å². The van der Waals surface area contributed by atoms with Crippen molar-refractivity contribution < 1.29 is 18.3 Å². The third-order valence-corrected chi connectivity index (χ3v) is 8.40. The van der Waals surface area contributed by atoms with Crippen LogP contribution in [0.2, 0.25) is 5.02 Å². The highest BCUT2D eigenvalue weighted by atomic mass is 35.5. The highest BCUT2D eigenvalue weighted by molar-refractivity contribution is 7.91. The quantitative estimate of drug-likeness (QED) is 0.426. The lowest BCUT2D eigenvalue weighted by Gasteiger charge is -2.36. The third-order valence-electron chi connectivity index (χ3n) is 6.45. The number of nitrogens with zero attached hydrogens (tertiary/aromatic N) is 4. The predicted molar refractivity (Wildman–Crippen MR) is 136 cm³/mol. The molecule has 1 amide bonds. The summed E-state index contributed by atoms with van der Waals surface area (Å²) in [5, 5.41) is 11.6. The van der Waals surface area contributed by atoms with Crippen LogP contribution in [0.15, 0.2) is 65.8 Å². The molecule has 0 aliphatic carbocycles. The second-order valence-corrected chi connectivity index (χ2v) is 11.2. The lowest BCUT2D eigenvalue weighted by atomic mass is 10.1. The molecule has 4 aromatic rings. The van der Waals surface area contributed by atoms with Gasteiger partial charge >= 0.3 is 0 Å². The molecule has 1 aliphatic rings. The molecular formula is C25H25ClN4O4S. The van der Waals surface area contributed by atoms with Gasteiger partial charge in [0.15, 0.2) is 9.84 Å². The highest BCUT2D eigenvalue weighted by Crippen LogP contribution is 2.24. The molecule has 1 N–H and O–H groups in total. The van der Waals surface area contributed by atoms with Gasteiger partial charge in [-0.1, -0.05) is 23.7 Å². The van der Waals surface area contributed by atoms with E-state index >= 15 is 0 Å². The van der Waals surface area contributed by atoms with Crippen molar-refractivity contribution in [3.8, 4) is 0 Å². The Hall–Kier alpha value is -3.14. The van der Waals surface area contributed by atoms with Gasteiger partial charge in [-0.3, -0.25) is 4.79 Å². The van der Waals surface area contributed by atoms with Crippen molar-refractivity contribution in [3.63, 3.8) is 0 Å². The summed E-state index contributed by atoms with van der Waals surface area (Å²) in [6.07, 6.45) is 3.48. The Morgan fingerprint density at radius 2 is 1.74 bits per heavy atom. The number of halogens is 1. The maximum atomic E-state index is 12.9. The van der Waals surface area contributed by atoms with Crippen LogP contribution >= 0.6 is 11.6 Å². The Bertz CT molecular complexity index is 1510. The number of amides is 1. The molecule has 0 spiro atoms. The summed E-state index contributed by atoms with van der Waals surface area (Å²) in [4.78, 5) is 21.2. The molecule has 3 heterocycles. The zero-order valence-electron chi connectivity index (χ0n) is 19.0. The SMILES string of the molecule is O=C(CCS(=O)(=O)c1ccc2cc(Cl)ccc2c1)N1CCN(c2ccn3c(CO)cnc3c2)CC1. The minimum Gasteiger partial charge on any atom is -0.390 e. The first-order valence-electron chi connectivity index (χ1n) is 11.4. The van der Waals surface area contributed by atoms with Crippen LogP contribution in [-0.2, 0) is 21.2 Å². The number of benzene rings is 2. The summed E-state index contributed by atoms with van der Waals surface area (Å²) < 4.78 is 27.6. The third kappa shape index (κ3) is 4.84. The standard InChI is InChI=1S/C25H25ClN4O4S/c26-20-3-1-19-14-23(4-2-18(19)13-20)35(33,34)12-6-25(32)29-10-8-28(9-11-29)21-5-7-30-22(17-31)16-27-24(30)15-21/h1-5,7,13-16,31H,6,8-12,17H2. The van der Waals surface area contributed by atoms with Crippen LogP contribution < -0.4 is 4.90 Å². The van der Waals surface area contributed by atoms with Crippen molar-refractivity contribution in [1.29, 1.82) is 0 Å². The van der Waals surface area contributed by atoms with Gasteiger partial charge in [-0.2, -0.15) is 0 Å². The fourth-order valence-corrected chi connectivity index (χ4v) is 5.88. The smallest absolute Gasteiger partial charge is 0.223 e. The molecular weight excluding hydrogens is 488 g/mol. The van der Waals surface area contributed by atoms with Crippen LogP contribution in [-0.4, -0.2) is 65.6 Å². The number of fused-ring (bicyclic) bond motifs is 2. The average molecular weight is 513 g/mol. The molecule has 35 heavy (non-hydrogen) atoms. The molecule has 0 radical (unpaired) electrons. The van der Waals surface area contributed by atoms with E-state index < -0.39 is 9.84 Å². The first-order chi connectivity index (χ1) is 16.8. The van der Waals surface area contributed by atoms with Crippen LogP contribution in [0.25, 0.3) is 16.4 Å². The zero-order chi connectivity index (χ0) is 24.6. The Morgan fingerprint density at radius 3 is 2.51 bits per heavy atom. The van der Waals surface area contributed by atoms with Crippen LogP contribution in [0, 0.1) is 0 Å². The fourth-order valence-electron chi connectivity index (χ4n) is 4.44. The van der Waals surface area contributed by atoms with E-state index in [1.165, 1.54) is 0 Å². The summed E-state index contributed by atoms with van der Waals surface area (Å²) >= 11 is 6.00. The molecule has 0 atom stereocenters. The minimum absolute atomic E-state index is 0.0506. The summed E-state index contributed by atoms with van der Waals surface area (Å²) in [6.45, 7) is 2.27. The molecule has 182 valence electrons. The summed E-state index contributed by atoms with van der Waals surface area (Å²) in [6, 6.07) is 14.2. The molecule has 0 unspecified atom stereocenters. The van der Waals surface area contributed by atoms with E-state index in [0.717, 1.165) is 27.8 Å². The van der Waals surface area contributed by atoms with E-state index in [-0.39, 0.29) is 29.6 Å². The van der Waals surface area contributed by atoms with Gasteiger partial charge in [-0.15, -0.1) is 0 Å². The summed E-state index contributed by atoms with van der Waals surface area (Å²) in [7, 11) is -3.59. The van der Waals surface area contributed by atoms with Gasteiger partial charge in [0.05, 0.1) is 29.1 Å². The monoisotopic (exact) mass is 512 g/mol. The molecule has 1 fully saturated rings. The second kappa shape index (κ2) is 9.49. The van der Waals surface area contributed by atoms with E-state index in [9.17, 15) is 18.3 Å². The van der Waals surface area contributed by atoms with Crippen LogP contribution in [0.4, 0.5) is 5.69 Å². The number of pyridine rings is 1. The van der Waals surface area contributed by atoms with Gasteiger partial charge in [0, 0.05) is 55.6 Å². The van der Waals surface area contributed by atoms with Crippen LogP contribution in [0.3, 0.4) is 0 Å². The number of piperazine rings is 1. The lowest BCUT2D eigenvalue weighted by Crippen LogP contribution is -2.49. The van der Waals surface area contributed by atoms with Gasteiger partial charge in [0.2, 0.25) is 5.91 Å². The number of imidazole rings is 1. The van der Waals surface area contributed by atoms with Gasteiger partial charge in [0.25, 0.3) is 0 Å². The molecule has 5 rings (SSSR count). The van der Waals surface area contributed by atoms with Gasteiger partial charge in [-0.25, -0.2) is 13.4 Å². The normalized spacial score (nSPS) is 14.7. The maximum Gasteiger partial charge on any atom is 0.223 e. The van der Waals surface area contributed by atoms with E-state index in [1.54, 1.807) is 47.5 Å². The number of carbonyl (C=O) groups is 1. The van der Waals surface area contributed by atoms with Crippen molar-refractivity contribution in [1.82, 2.24) is 14.3 Å². The first kappa shape index (κ1) is 23.6. The number of aromatic nitrogens is 2. The molecule has 2 aromatic heterocycles. The van der Waals surface area contributed by atoms with E-state index in [1.807, 2.05) is 22.7 Å². The van der Waals surface area contributed by atoms with Gasteiger partial charge < -0.3 is 19.3 Å². The average Bonchev–Trinajstić information content (AvgIpc) is 3.29. The molecule has 2 aromatic carbocycles. The number of rotatable bonds is 6. The Balaban J connectivity index is 1.19.